The Morgan fingerprint density at radius 3 is 2.45 bits per heavy atom. The molecule has 0 aromatic heterocycles. The predicted octanol–water partition coefficient (Wildman–Crippen LogP) is 4.40. The molecule has 0 atom stereocenters. The summed E-state index contributed by atoms with van der Waals surface area (Å²) in [7, 11) is 0. The summed E-state index contributed by atoms with van der Waals surface area (Å²) < 4.78 is 0. The molecule has 1 aromatic rings. The summed E-state index contributed by atoms with van der Waals surface area (Å²) in [6.07, 6.45) is 7.33. The summed E-state index contributed by atoms with van der Waals surface area (Å²) in [6, 6.07) is 4.13. The maximum absolute atomic E-state index is 10.4. The number of aliphatic hydroxyl groups excluding tert-OH is 1. The molecule has 0 unspecified atom stereocenters. The highest BCUT2D eigenvalue weighted by Crippen LogP contribution is 2.27. The van der Waals surface area contributed by atoms with Crippen LogP contribution in [0.1, 0.15) is 69.1 Å². The summed E-state index contributed by atoms with van der Waals surface area (Å²) in [5.41, 5.74) is 4.03. The number of unbranched alkanes of at least 4 members (excludes halogenated alkanes) is 4. The SMILES string of the molecule is CCC/N=C(\C)c1ccc(CCCCCCCO)c(O)c1C. The van der Waals surface area contributed by atoms with Crippen LogP contribution >= 0.6 is 0 Å². The van der Waals surface area contributed by atoms with E-state index in [1.54, 1.807) is 0 Å². The molecule has 124 valence electrons. The zero-order valence-electron chi connectivity index (χ0n) is 14.4. The summed E-state index contributed by atoms with van der Waals surface area (Å²) in [6.45, 7) is 7.23. The normalized spacial score (nSPS) is 11.9. The van der Waals surface area contributed by atoms with E-state index in [9.17, 15) is 5.11 Å². The Balaban J connectivity index is 2.62. The van der Waals surface area contributed by atoms with Gasteiger partial charge < -0.3 is 10.2 Å². The molecule has 0 aliphatic heterocycles. The molecule has 3 nitrogen and oxygen atoms in total. The number of benzene rings is 1. The van der Waals surface area contributed by atoms with E-state index in [1.165, 1.54) is 0 Å². The molecule has 2 N–H and O–H groups in total. The molecule has 0 aliphatic carbocycles. The van der Waals surface area contributed by atoms with Gasteiger partial charge in [0.25, 0.3) is 0 Å². The number of aryl methyl sites for hydroxylation is 1. The Kier molecular flexibility index (Phi) is 8.83. The topological polar surface area (TPSA) is 52.8 Å². The zero-order chi connectivity index (χ0) is 16.4. The van der Waals surface area contributed by atoms with Crippen molar-refractivity contribution in [3.05, 3.63) is 28.8 Å². The second kappa shape index (κ2) is 10.4. The molecule has 0 amide bonds. The van der Waals surface area contributed by atoms with Crippen LogP contribution in [0.4, 0.5) is 0 Å². The Morgan fingerprint density at radius 1 is 1.09 bits per heavy atom. The molecule has 0 bridgehead atoms. The molecule has 22 heavy (non-hydrogen) atoms. The summed E-state index contributed by atoms with van der Waals surface area (Å²) >= 11 is 0. The predicted molar refractivity (Wildman–Crippen MR) is 94.1 cm³/mol. The van der Waals surface area contributed by atoms with Crippen LogP contribution in [-0.2, 0) is 6.42 Å². The Hall–Kier alpha value is -1.35. The van der Waals surface area contributed by atoms with E-state index >= 15 is 0 Å². The molecule has 0 fully saturated rings. The Morgan fingerprint density at radius 2 is 1.77 bits per heavy atom. The average Bonchev–Trinajstić information content (AvgIpc) is 2.52. The smallest absolute Gasteiger partial charge is 0.122 e. The quantitative estimate of drug-likeness (QED) is 0.497. The average molecular weight is 305 g/mol. The number of phenolic OH excluding ortho intramolecular Hbond substituents is 1. The van der Waals surface area contributed by atoms with Crippen molar-refractivity contribution in [2.75, 3.05) is 13.2 Å². The molecule has 0 saturated heterocycles. The van der Waals surface area contributed by atoms with Crippen LogP contribution in [0.2, 0.25) is 0 Å². The lowest BCUT2D eigenvalue weighted by Gasteiger charge is -2.12. The molecule has 0 aliphatic rings. The highest BCUT2D eigenvalue weighted by Gasteiger charge is 2.10. The molecule has 0 radical (unpaired) electrons. The number of hydrogen-bond acceptors (Lipinski definition) is 3. The number of aromatic hydroxyl groups is 1. The minimum absolute atomic E-state index is 0.292. The van der Waals surface area contributed by atoms with Crippen molar-refractivity contribution in [2.45, 2.75) is 65.7 Å². The van der Waals surface area contributed by atoms with Crippen LogP contribution in [-0.4, -0.2) is 29.1 Å². The molecule has 0 spiro atoms. The fourth-order valence-electron chi connectivity index (χ4n) is 2.67. The van der Waals surface area contributed by atoms with Gasteiger partial charge in [-0.15, -0.1) is 0 Å². The number of hydrogen-bond donors (Lipinski definition) is 2. The number of phenols is 1. The van der Waals surface area contributed by atoms with Crippen molar-refractivity contribution in [3.8, 4) is 5.75 Å². The maximum atomic E-state index is 10.4. The first-order valence-electron chi connectivity index (χ1n) is 8.55. The summed E-state index contributed by atoms with van der Waals surface area (Å²) in [5.74, 6) is 0.430. The van der Waals surface area contributed by atoms with Gasteiger partial charge in [-0.05, 0) is 45.1 Å². The number of nitrogens with zero attached hydrogens (tertiary/aromatic N) is 1. The fraction of sp³-hybridized carbons (Fsp3) is 0.632. The molecule has 0 heterocycles. The van der Waals surface area contributed by atoms with Gasteiger partial charge >= 0.3 is 0 Å². The van der Waals surface area contributed by atoms with E-state index in [-0.39, 0.29) is 0 Å². The molecular formula is C19H31NO2. The molecule has 0 saturated carbocycles. The largest absolute Gasteiger partial charge is 0.507 e. The van der Waals surface area contributed by atoms with Gasteiger partial charge in [0.2, 0.25) is 0 Å². The highest BCUT2D eigenvalue weighted by molar-refractivity contribution is 6.00. The third kappa shape index (κ3) is 5.80. The second-order valence-corrected chi connectivity index (χ2v) is 5.95. The van der Waals surface area contributed by atoms with Gasteiger partial charge in [-0.3, -0.25) is 4.99 Å². The number of rotatable bonds is 10. The molecular weight excluding hydrogens is 274 g/mol. The van der Waals surface area contributed by atoms with Gasteiger partial charge in [-0.2, -0.15) is 0 Å². The van der Waals surface area contributed by atoms with Gasteiger partial charge in [-0.1, -0.05) is 38.3 Å². The fourth-order valence-corrected chi connectivity index (χ4v) is 2.67. The van der Waals surface area contributed by atoms with Gasteiger partial charge in [-0.25, -0.2) is 0 Å². The van der Waals surface area contributed by atoms with Crippen molar-refractivity contribution in [1.82, 2.24) is 0 Å². The molecule has 1 aromatic carbocycles. The first-order chi connectivity index (χ1) is 10.6. The summed E-state index contributed by atoms with van der Waals surface area (Å²) in [4.78, 5) is 4.53. The minimum atomic E-state index is 0.292. The third-order valence-corrected chi connectivity index (χ3v) is 4.08. The Labute approximate surface area is 135 Å². The first-order valence-corrected chi connectivity index (χ1v) is 8.55. The van der Waals surface area contributed by atoms with Crippen molar-refractivity contribution in [2.24, 2.45) is 4.99 Å². The van der Waals surface area contributed by atoms with E-state index in [4.69, 9.17) is 5.11 Å². The standard InChI is InChI=1S/C19H31NO2/c1-4-13-20-16(3)18-12-11-17(19(22)15(18)2)10-8-6-5-7-9-14-21/h11-12,21-22H,4-10,13-14H2,1-3H3/b20-16+. The lowest BCUT2D eigenvalue weighted by molar-refractivity contribution is 0.282. The van der Waals surface area contributed by atoms with Crippen LogP contribution < -0.4 is 0 Å². The van der Waals surface area contributed by atoms with Crippen molar-refractivity contribution in [1.29, 1.82) is 0 Å². The molecule has 3 heteroatoms. The van der Waals surface area contributed by atoms with Crippen molar-refractivity contribution >= 4 is 5.71 Å². The van der Waals surface area contributed by atoms with Crippen LogP contribution in [0, 0.1) is 6.92 Å². The lowest BCUT2D eigenvalue weighted by atomic mass is 9.97. The second-order valence-electron chi connectivity index (χ2n) is 5.95. The van der Waals surface area contributed by atoms with Crippen molar-refractivity contribution < 1.29 is 10.2 Å². The van der Waals surface area contributed by atoms with Crippen molar-refractivity contribution in [3.63, 3.8) is 0 Å². The van der Waals surface area contributed by atoms with E-state index in [1.807, 2.05) is 19.9 Å². The monoisotopic (exact) mass is 305 g/mol. The number of aliphatic hydroxyl groups is 1. The minimum Gasteiger partial charge on any atom is -0.507 e. The van der Waals surface area contributed by atoms with Gasteiger partial charge in [0, 0.05) is 30.0 Å². The number of aliphatic imine (C=N–C) groups is 1. The maximum Gasteiger partial charge on any atom is 0.122 e. The van der Waals surface area contributed by atoms with Gasteiger partial charge in [0.05, 0.1) is 0 Å². The lowest BCUT2D eigenvalue weighted by Crippen LogP contribution is -2.01. The van der Waals surface area contributed by atoms with Crippen LogP contribution in [0.3, 0.4) is 0 Å². The summed E-state index contributed by atoms with van der Waals surface area (Å²) in [5, 5.41) is 19.2. The van der Waals surface area contributed by atoms with Gasteiger partial charge in [0.15, 0.2) is 0 Å². The van der Waals surface area contributed by atoms with E-state index in [0.29, 0.717) is 12.4 Å². The van der Waals surface area contributed by atoms with E-state index in [2.05, 4.69) is 18.0 Å². The zero-order valence-corrected chi connectivity index (χ0v) is 14.4. The van der Waals surface area contributed by atoms with E-state index < -0.39 is 0 Å². The van der Waals surface area contributed by atoms with Gasteiger partial charge in [0.1, 0.15) is 5.75 Å². The first kappa shape index (κ1) is 18.7. The van der Waals surface area contributed by atoms with Crippen LogP contribution in [0.15, 0.2) is 17.1 Å². The van der Waals surface area contributed by atoms with E-state index in [0.717, 1.165) is 73.9 Å². The van der Waals surface area contributed by atoms with Crippen LogP contribution in [0.25, 0.3) is 0 Å². The third-order valence-electron chi connectivity index (χ3n) is 4.08. The van der Waals surface area contributed by atoms with Crippen LogP contribution in [0.5, 0.6) is 5.75 Å². The Bertz CT molecular complexity index is 481. The molecule has 1 rings (SSSR count). The highest BCUT2D eigenvalue weighted by atomic mass is 16.3.